The summed E-state index contributed by atoms with van der Waals surface area (Å²) in [5, 5.41) is 10.9. The molecule has 100 valence electrons. The number of thioether (sulfide) groups is 1. The number of hydrogen-bond donors (Lipinski definition) is 1. The quantitative estimate of drug-likeness (QED) is 0.844. The fraction of sp³-hybridized carbons (Fsp3) is 0.167. The molecule has 2 rings (SSSR count). The molecule has 0 saturated carbocycles. The van der Waals surface area contributed by atoms with Crippen LogP contribution in [0.2, 0.25) is 10.0 Å². The molecule has 1 N–H and O–H groups in total. The normalized spacial score (nSPS) is 17.1. The second-order valence-corrected chi connectivity index (χ2v) is 5.40. The van der Waals surface area contributed by atoms with E-state index in [1.54, 1.807) is 18.2 Å². The highest BCUT2D eigenvalue weighted by Crippen LogP contribution is 2.32. The Morgan fingerprint density at radius 1 is 1.42 bits per heavy atom. The number of carbonyl (C=O) groups excluding carboxylic acids is 1. The molecule has 0 bridgehead atoms. The van der Waals surface area contributed by atoms with Gasteiger partial charge < -0.3 is 9.84 Å². The number of aliphatic hydroxyl groups is 1. The third-order valence-electron chi connectivity index (χ3n) is 2.37. The van der Waals surface area contributed by atoms with Gasteiger partial charge in [-0.15, -0.1) is 0 Å². The van der Waals surface area contributed by atoms with Gasteiger partial charge in [0.05, 0.1) is 28.6 Å². The second kappa shape index (κ2) is 5.86. The Morgan fingerprint density at radius 2 is 2.16 bits per heavy atom. The van der Waals surface area contributed by atoms with Crippen molar-refractivity contribution >= 4 is 51.7 Å². The van der Waals surface area contributed by atoms with Gasteiger partial charge in [-0.1, -0.05) is 35.0 Å². The number of methoxy groups -OCH3 is 1. The molecule has 0 aliphatic carbocycles. The summed E-state index contributed by atoms with van der Waals surface area (Å²) in [5.41, 5.74) is 0.645. The van der Waals surface area contributed by atoms with E-state index in [-0.39, 0.29) is 11.3 Å². The lowest BCUT2D eigenvalue weighted by Crippen LogP contribution is -2.10. The monoisotopic (exact) mass is 317 g/mol. The van der Waals surface area contributed by atoms with Gasteiger partial charge in [-0.05, 0) is 18.2 Å². The number of ether oxygens (including phenoxy) is 1. The molecule has 1 aromatic carbocycles. The molecule has 0 spiro atoms. The van der Waals surface area contributed by atoms with Crippen molar-refractivity contribution in [1.29, 1.82) is 0 Å². The molecule has 1 aromatic rings. The van der Waals surface area contributed by atoms with Crippen molar-refractivity contribution in [2.45, 2.75) is 0 Å². The summed E-state index contributed by atoms with van der Waals surface area (Å²) in [4.78, 5) is 15.8. The van der Waals surface area contributed by atoms with Crippen LogP contribution in [0.25, 0.3) is 0 Å². The van der Waals surface area contributed by atoms with Gasteiger partial charge in [0, 0.05) is 0 Å². The van der Waals surface area contributed by atoms with Crippen LogP contribution in [-0.4, -0.2) is 29.0 Å². The molecule has 19 heavy (non-hydrogen) atoms. The Bertz CT molecular complexity index is 599. The minimum atomic E-state index is -0.610. The average Bonchev–Trinajstić information content (AvgIpc) is 2.74. The van der Waals surface area contributed by atoms with Gasteiger partial charge >= 0.3 is 5.97 Å². The van der Waals surface area contributed by atoms with E-state index in [1.165, 1.54) is 18.9 Å². The third-order valence-corrected chi connectivity index (χ3v) is 4.10. The van der Waals surface area contributed by atoms with Crippen LogP contribution >= 0.6 is 35.0 Å². The van der Waals surface area contributed by atoms with Crippen molar-refractivity contribution in [3.05, 3.63) is 39.6 Å². The number of halogens is 2. The van der Waals surface area contributed by atoms with E-state index in [1.807, 2.05) is 0 Å². The maximum atomic E-state index is 11.6. The number of carbonyl (C=O) groups is 1. The van der Waals surface area contributed by atoms with Crippen LogP contribution < -0.4 is 0 Å². The Hall–Kier alpha value is -1.17. The number of rotatable bonds is 2. The molecule has 7 heteroatoms. The molecule has 0 radical (unpaired) electrons. The standard InChI is InChI=1S/C12H9Cl2NO3S/c1-18-12(17)10-9(16)5-19-11(10)15-6-2-3-7(13)8(14)4-6/h2-4,16H,5H2,1H3. The Balaban J connectivity index is 2.38. The van der Waals surface area contributed by atoms with Crippen LogP contribution in [0.3, 0.4) is 0 Å². The van der Waals surface area contributed by atoms with Crippen molar-refractivity contribution in [3.63, 3.8) is 0 Å². The van der Waals surface area contributed by atoms with Gasteiger partial charge in [-0.2, -0.15) is 0 Å². The molecule has 0 unspecified atom stereocenters. The molecule has 1 aliphatic rings. The maximum absolute atomic E-state index is 11.6. The summed E-state index contributed by atoms with van der Waals surface area (Å²) < 4.78 is 4.62. The Labute approximate surface area is 124 Å². The van der Waals surface area contributed by atoms with Crippen molar-refractivity contribution in [2.75, 3.05) is 12.9 Å². The topological polar surface area (TPSA) is 58.9 Å². The zero-order valence-electron chi connectivity index (χ0n) is 9.81. The fourth-order valence-electron chi connectivity index (χ4n) is 1.47. The summed E-state index contributed by atoms with van der Waals surface area (Å²) >= 11 is 13.0. The maximum Gasteiger partial charge on any atom is 0.344 e. The molecule has 0 aromatic heterocycles. The smallest absolute Gasteiger partial charge is 0.344 e. The van der Waals surface area contributed by atoms with E-state index in [0.717, 1.165) is 0 Å². The number of benzene rings is 1. The average molecular weight is 318 g/mol. The molecule has 1 heterocycles. The Kier molecular flexibility index (Phi) is 4.39. The van der Waals surface area contributed by atoms with E-state index in [9.17, 15) is 9.90 Å². The van der Waals surface area contributed by atoms with Crippen LogP contribution in [0, 0.1) is 0 Å². The molecule has 0 atom stereocenters. The highest BCUT2D eigenvalue weighted by Gasteiger charge is 2.28. The van der Waals surface area contributed by atoms with Gasteiger partial charge in [0.25, 0.3) is 0 Å². The summed E-state index contributed by atoms with van der Waals surface area (Å²) in [6.45, 7) is 0. The highest BCUT2D eigenvalue weighted by atomic mass is 35.5. The minimum absolute atomic E-state index is 0.0318. The summed E-state index contributed by atoms with van der Waals surface area (Å²) in [6, 6.07) is 4.87. The zero-order chi connectivity index (χ0) is 14.0. The number of aliphatic imine (C=N–C) groups is 1. The van der Waals surface area contributed by atoms with Crippen molar-refractivity contribution in [3.8, 4) is 0 Å². The van der Waals surface area contributed by atoms with Crippen LogP contribution in [0.4, 0.5) is 5.69 Å². The van der Waals surface area contributed by atoms with Crippen molar-refractivity contribution < 1.29 is 14.6 Å². The molecule has 0 amide bonds. The molecule has 4 nitrogen and oxygen atoms in total. The molecular formula is C12H9Cl2NO3S. The number of esters is 1. The Morgan fingerprint density at radius 3 is 2.79 bits per heavy atom. The van der Waals surface area contributed by atoms with E-state index in [0.29, 0.717) is 26.5 Å². The largest absolute Gasteiger partial charge is 0.510 e. The third kappa shape index (κ3) is 3.05. The van der Waals surface area contributed by atoms with Gasteiger partial charge in [-0.3, -0.25) is 0 Å². The molecular weight excluding hydrogens is 309 g/mol. The number of aliphatic hydroxyl groups excluding tert-OH is 1. The van der Waals surface area contributed by atoms with Gasteiger partial charge in [0.15, 0.2) is 0 Å². The van der Waals surface area contributed by atoms with Crippen LogP contribution in [0.1, 0.15) is 0 Å². The summed E-state index contributed by atoms with van der Waals surface area (Å²) in [5.74, 6) is -0.345. The van der Waals surface area contributed by atoms with Crippen LogP contribution in [0.5, 0.6) is 0 Å². The first-order valence-electron chi connectivity index (χ1n) is 5.20. The van der Waals surface area contributed by atoms with Crippen LogP contribution in [0.15, 0.2) is 34.5 Å². The van der Waals surface area contributed by atoms with Gasteiger partial charge in [0.2, 0.25) is 0 Å². The highest BCUT2D eigenvalue weighted by molar-refractivity contribution is 8.15. The first-order valence-corrected chi connectivity index (χ1v) is 6.94. The first-order chi connectivity index (χ1) is 9.02. The first kappa shape index (κ1) is 14.2. The van der Waals surface area contributed by atoms with Gasteiger partial charge in [-0.25, -0.2) is 9.79 Å². The summed E-state index contributed by atoms with van der Waals surface area (Å²) in [7, 11) is 1.25. The lowest BCUT2D eigenvalue weighted by Gasteiger charge is -2.03. The predicted molar refractivity (Wildman–Crippen MR) is 77.7 cm³/mol. The molecule has 0 saturated heterocycles. The lowest BCUT2D eigenvalue weighted by molar-refractivity contribution is -0.135. The van der Waals surface area contributed by atoms with Crippen molar-refractivity contribution in [1.82, 2.24) is 0 Å². The molecule has 1 aliphatic heterocycles. The lowest BCUT2D eigenvalue weighted by atomic mass is 10.2. The minimum Gasteiger partial charge on any atom is -0.510 e. The van der Waals surface area contributed by atoms with E-state index >= 15 is 0 Å². The molecule has 0 fully saturated rings. The second-order valence-electron chi connectivity index (χ2n) is 3.62. The van der Waals surface area contributed by atoms with E-state index in [2.05, 4.69) is 9.73 Å². The SMILES string of the molecule is COC(=O)C1=C(O)CSC1=Nc1ccc(Cl)c(Cl)c1. The zero-order valence-corrected chi connectivity index (χ0v) is 12.1. The number of nitrogens with zero attached hydrogens (tertiary/aromatic N) is 1. The van der Waals surface area contributed by atoms with Gasteiger partial charge in [0.1, 0.15) is 16.4 Å². The van der Waals surface area contributed by atoms with Crippen LogP contribution in [-0.2, 0) is 9.53 Å². The number of hydrogen-bond acceptors (Lipinski definition) is 5. The van der Waals surface area contributed by atoms with E-state index < -0.39 is 5.97 Å². The predicted octanol–water partition coefficient (Wildman–Crippen LogP) is 3.76. The van der Waals surface area contributed by atoms with Crippen molar-refractivity contribution in [2.24, 2.45) is 4.99 Å². The fourth-order valence-corrected chi connectivity index (χ4v) is 2.70. The van der Waals surface area contributed by atoms with E-state index in [4.69, 9.17) is 23.2 Å². The summed E-state index contributed by atoms with van der Waals surface area (Å²) in [6.07, 6.45) is 0.